The molecule has 0 aliphatic heterocycles. The van der Waals surface area contributed by atoms with Crippen molar-refractivity contribution in [2.75, 3.05) is 7.11 Å². The van der Waals surface area contributed by atoms with Gasteiger partial charge in [0.15, 0.2) is 11.6 Å². The Morgan fingerprint density at radius 3 is 2.69 bits per heavy atom. The van der Waals surface area contributed by atoms with Crippen LogP contribution in [0, 0.1) is 12.7 Å². The van der Waals surface area contributed by atoms with Gasteiger partial charge in [0.25, 0.3) is 0 Å². The Labute approximate surface area is 100 Å². The summed E-state index contributed by atoms with van der Waals surface area (Å²) in [5.41, 5.74) is 1.22. The Balaban J connectivity index is 2.49. The van der Waals surface area contributed by atoms with Gasteiger partial charge in [0.05, 0.1) is 11.6 Å². The lowest BCUT2D eigenvalue weighted by molar-refractivity contribution is 0.386. The first-order chi connectivity index (χ1) is 7.63. The Morgan fingerprint density at radius 2 is 2.19 bits per heavy atom. The Morgan fingerprint density at radius 1 is 1.44 bits per heavy atom. The standard InChI is InChI=1S/C11H9BrFNO2/c1-6-10(12)11(14-16-6)7-3-4-9(15-2)8(13)5-7/h3-5H,1-2H3. The van der Waals surface area contributed by atoms with Crippen LogP contribution >= 0.6 is 15.9 Å². The van der Waals surface area contributed by atoms with Crippen LogP contribution in [0.4, 0.5) is 4.39 Å². The molecule has 0 bridgehead atoms. The maximum absolute atomic E-state index is 13.5. The Kier molecular flexibility index (Phi) is 2.96. The van der Waals surface area contributed by atoms with Crippen LogP contribution in [0.25, 0.3) is 11.3 Å². The lowest BCUT2D eigenvalue weighted by atomic mass is 10.1. The molecule has 1 heterocycles. The molecule has 0 aliphatic carbocycles. The van der Waals surface area contributed by atoms with Gasteiger partial charge in [-0.15, -0.1) is 0 Å². The lowest BCUT2D eigenvalue weighted by Gasteiger charge is -2.03. The van der Waals surface area contributed by atoms with Crippen molar-refractivity contribution in [3.8, 4) is 17.0 Å². The molecule has 0 N–H and O–H groups in total. The van der Waals surface area contributed by atoms with Crippen LogP contribution in [-0.2, 0) is 0 Å². The first kappa shape index (κ1) is 11.1. The van der Waals surface area contributed by atoms with E-state index in [-0.39, 0.29) is 5.75 Å². The highest BCUT2D eigenvalue weighted by atomic mass is 79.9. The van der Waals surface area contributed by atoms with Gasteiger partial charge in [0.2, 0.25) is 0 Å². The zero-order valence-electron chi connectivity index (χ0n) is 8.75. The van der Waals surface area contributed by atoms with Gasteiger partial charge in [-0.2, -0.15) is 0 Å². The fraction of sp³-hybridized carbons (Fsp3) is 0.182. The fourth-order valence-electron chi connectivity index (χ4n) is 1.35. The fourth-order valence-corrected chi connectivity index (χ4v) is 1.73. The number of ether oxygens (including phenoxy) is 1. The quantitative estimate of drug-likeness (QED) is 0.846. The van der Waals surface area contributed by atoms with E-state index in [0.717, 1.165) is 4.47 Å². The number of rotatable bonds is 2. The summed E-state index contributed by atoms with van der Waals surface area (Å²) >= 11 is 3.34. The molecular formula is C11H9BrFNO2. The van der Waals surface area contributed by atoms with E-state index in [1.807, 2.05) is 0 Å². The number of aryl methyl sites for hydroxylation is 1. The highest BCUT2D eigenvalue weighted by Gasteiger charge is 2.13. The summed E-state index contributed by atoms with van der Waals surface area (Å²) in [4.78, 5) is 0. The third-order valence-corrected chi connectivity index (χ3v) is 3.15. The van der Waals surface area contributed by atoms with E-state index in [0.29, 0.717) is 17.0 Å². The van der Waals surface area contributed by atoms with Gasteiger partial charge in [-0.1, -0.05) is 5.16 Å². The second-order valence-electron chi connectivity index (χ2n) is 3.25. The predicted octanol–water partition coefficient (Wildman–Crippen LogP) is 3.56. The maximum Gasteiger partial charge on any atom is 0.165 e. The van der Waals surface area contributed by atoms with Crippen LogP contribution in [-0.4, -0.2) is 12.3 Å². The molecule has 2 aromatic rings. The number of benzene rings is 1. The first-order valence-corrected chi connectivity index (χ1v) is 5.38. The largest absolute Gasteiger partial charge is 0.494 e. The van der Waals surface area contributed by atoms with Gasteiger partial charge in [-0.3, -0.25) is 0 Å². The van der Waals surface area contributed by atoms with E-state index < -0.39 is 5.82 Å². The van der Waals surface area contributed by atoms with Crippen LogP contribution in [0.3, 0.4) is 0 Å². The molecule has 2 rings (SSSR count). The molecule has 0 spiro atoms. The Hall–Kier alpha value is -1.36. The Bertz CT molecular complexity index is 525. The average molecular weight is 286 g/mol. The molecular weight excluding hydrogens is 277 g/mol. The molecule has 0 atom stereocenters. The molecule has 0 saturated carbocycles. The molecule has 1 aromatic carbocycles. The number of hydrogen-bond donors (Lipinski definition) is 0. The van der Waals surface area contributed by atoms with Gasteiger partial charge in [0.1, 0.15) is 11.5 Å². The van der Waals surface area contributed by atoms with Gasteiger partial charge >= 0.3 is 0 Å². The minimum Gasteiger partial charge on any atom is -0.494 e. The van der Waals surface area contributed by atoms with E-state index in [1.54, 1.807) is 19.1 Å². The zero-order valence-corrected chi connectivity index (χ0v) is 10.3. The highest BCUT2D eigenvalue weighted by molar-refractivity contribution is 9.10. The van der Waals surface area contributed by atoms with Crippen molar-refractivity contribution < 1.29 is 13.7 Å². The van der Waals surface area contributed by atoms with Crippen molar-refractivity contribution in [3.63, 3.8) is 0 Å². The van der Waals surface area contributed by atoms with Crippen molar-refractivity contribution in [3.05, 3.63) is 34.2 Å². The molecule has 0 fully saturated rings. The second-order valence-corrected chi connectivity index (χ2v) is 4.04. The van der Waals surface area contributed by atoms with E-state index in [2.05, 4.69) is 21.1 Å². The van der Waals surface area contributed by atoms with Crippen LogP contribution in [0.1, 0.15) is 5.76 Å². The van der Waals surface area contributed by atoms with Crippen molar-refractivity contribution in [1.82, 2.24) is 5.16 Å². The van der Waals surface area contributed by atoms with Crippen molar-refractivity contribution in [2.45, 2.75) is 6.92 Å². The molecule has 5 heteroatoms. The summed E-state index contributed by atoms with van der Waals surface area (Å²) in [5.74, 6) is 0.443. The molecule has 3 nitrogen and oxygen atoms in total. The van der Waals surface area contributed by atoms with Gasteiger partial charge < -0.3 is 9.26 Å². The molecule has 0 unspecified atom stereocenters. The van der Waals surface area contributed by atoms with Crippen molar-refractivity contribution in [1.29, 1.82) is 0 Å². The summed E-state index contributed by atoms with van der Waals surface area (Å²) in [6.07, 6.45) is 0. The third-order valence-electron chi connectivity index (χ3n) is 2.22. The first-order valence-electron chi connectivity index (χ1n) is 4.59. The van der Waals surface area contributed by atoms with E-state index in [9.17, 15) is 4.39 Å². The smallest absolute Gasteiger partial charge is 0.165 e. The third kappa shape index (κ3) is 1.82. The van der Waals surface area contributed by atoms with Gasteiger partial charge in [-0.25, -0.2) is 4.39 Å². The minimum absolute atomic E-state index is 0.208. The molecule has 0 aliphatic rings. The van der Waals surface area contributed by atoms with Crippen LogP contribution in [0.5, 0.6) is 5.75 Å². The topological polar surface area (TPSA) is 35.3 Å². The van der Waals surface area contributed by atoms with E-state index in [4.69, 9.17) is 9.26 Å². The van der Waals surface area contributed by atoms with Gasteiger partial charge in [0, 0.05) is 5.56 Å². The number of halogens is 2. The summed E-state index contributed by atoms with van der Waals surface area (Å²) in [5, 5.41) is 3.85. The number of hydrogen-bond acceptors (Lipinski definition) is 3. The minimum atomic E-state index is -0.424. The second kappa shape index (κ2) is 4.25. The van der Waals surface area contributed by atoms with Crippen LogP contribution < -0.4 is 4.74 Å². The monoisotopic (exact) mass is 285 g/mol. The SMILES string of the molecule is COc1ccc(-c2noc(C)c2Br)cc1F. The van der Waals surface area contributed by atoms with E-state index >= 15 is 0 Å². The molecule has 0 amide bonds. The molecule has 0 saturated heterocycles. The highest BCUT2D eigenvalue weighted by Crippen LogP contribution is 2.31. The summed E-state index contributed by atoms with van der Waals surface area (Å²) in [7, 11) is 1.42. The normalized spacial score (nSPS) is 10.5. The molecule has 16 heavy (non-hydrogen) atoms. The predicted molar refractivity (Wildman–Crippen MR) is 60.9 cm³/mol. The number of methoxy groups -OCH3 is 1. The van der Waals surface area contributed by atoms with Crippen molar-refractivity contribution in [2.24, 2.45) is 0 Å². The van der Waals surface area contributed by atoms with Crippen LogP contribution in [0.2, 0.25) is 0 Å². The van der Waals surface area contributed by atoms with Gasteiger partial charge in [-0.05, 0) is 41.1 Å². The molecule has 0 radical (unpaired) electrons. The average Bonchev–Trinajstić information content (AvgIpc) is 2.60. The number of nitrogens with zero attached hydrogens (tertiary/aromatic N) is 1. The lowest BCUT2D eigenvalue weighted by Crippen LogP contribution is -1.88. The van der Waals surface area contributed by atoms with Crippen LogP contribution in [0.15, 0.2) is 27.2 Å². The summed E-state index contributed by atoms with van der Waals surface area (Å²) < 4.78 is 24.0. The number of aromatic nitrogens is 1. The maximum atomic E-state index is 13.5. The summed E-state index contributed by atoms with van der Waals surface area (Å²) in [6, 6.07) is 4.64. The van der Waals surface area contributed by atoms with Crippen molar-refractivity contribution >= 4 is 15.9 Å². The molecule has 84 valence electrons. The molecule has 1 aromatic heterocycles. The zero-order chi connectivity index (χ0) is 11.7. The summed E-state index contributed by atoms with van der Waals surface area (Å²) in [6.45, 7) is 1.78. The van der Waals surface area contributed by atoms with E-state index in [1.165, 1.54) is 13.2 Å².